The molecule has 7 heteroatoms. The van der Waals surface area contributed by atoms with Gasteiger partial charge in [-0.1, -0.05) is 25.5 Å². The van der Waals surface area contributed by atoms with Crippen molar-refractivity contribution in [2.75, 3.05) is 5.43 Å². The summed E-state index contributed by atoms with van der Waals surface area (Å²) >= 11 is 0. The van der Waals surface area contributed by atoms with Crippen molar-refractivity contribution < 1.29 is 13.7 Å². The van der Waals surface area contributed by atoms with Gasteiger partial charge < -0.3 is 0 Å². The second-order valence-electron chi connectivity index (χ2n) is 4.85. The van der Waals surface area contributed by atoms with Crippen molar-refractivity contribution in [3.63, 3.8) is 0 Å². The van der Waals surface area contributed by atoms with Crippen molar-refractivity contribution in [3.8, 4) is 0 Å². The molecule has 0 bridgehead atoms. The molecule has 0 heterocycles. The van der Waals surface area contributed by atoms with Crippen molar-refractivity contribution in [1.29, 1.82) is 0 Å². The summed E-state index contributed by atoms with van der Waals surface area (Å²) in [7, 11) is 0. The van der Waals surface area contributed by atoms with E-state index in [4.69, 9.17) is 0 Å². The summed E-state index contributed by atoms with van der Waals surface area (Å²) in [6.45, 7) is 1.94. The zero-order valence-corrected chi connectivity index (χ0v) is 12.4. The van der Waals surface area contributed by atoms with Gasteiger partial charge in [-0.3, -0.25) is 15.5 Å². The fourth-order valence-electron chi connectivity index (χ4n) is 2.01. The minimum Gasteiger partial charge on any atom is -0.275 e. The zero-order valence-electron chi connectivity index (χ0n) is 12.4. The van der Waals surface area contributed by atoms with E-state index in [1.165, 1.54) is 18.2 Å². The summed E-state index contributed by atoms with van der Waals surface area (Å²) < 4.78 is 26.5. The van der Waals surface area contributed by atoms with E-state index in [1.54, 1.807) is 12.1 Å². The summed E-state index contributed by atoms with van der Waals surface area (Å²) in [6, 6.07) is 9.18. The number of nitro benzene ring substituents is 1. The Bertz CT molecular complexity index is 748. The third kappa shape index (κ3) is 4.32. The van der Waals surface area contributed by atoms with Crippen LogP contribution in [0.25, 0.3) is 0 Å². The van der Waals surface area contributed by atoms with Crippen molar-refractivity contribution >= 4 is 17.1 Å². The number of anilines is 1. The van der Waals surface area contributed by atoms with Crippen molar-refractivity contribution in [1.82, 2.24) is 0 Å². The molecule has 0 fully saturated rings. The van der Waals surface area contributed by atoms with E-state index in [2.05, 4.69) is 10.5 Å². The van der Waals surface area contributed by atoms with Gasteiger partial charge in [-0.05, 0) is 18.6 Å². The van der Waals surface area contributed by atoms with E-state index in [0.717, 1.165) is 18.6 Å². The van der Waals surface area contributed by atoms with Gasteiger partial charge in [0.25, 0.3) is 5.69 Å². The van der Waals surface area contributed by atoms with Crippen molar-refractivity contribution in [2.24, 2.45) is 5.10 Å². The number of halogens is 2. The first-order valence-electron chi connectivity index (χ1n) is 7.03. The van der Waals surface area contributed by atoms with Crippen LogP contribution in [-0.4, -0.2) is 10.6 Å². The average molecular weight is 319 g/mol. The lowest BCUT2D eigenvalue weighted by Gasteiger charge is -2.08. The lowest BCUT2D eigenvalue weighted by atomic mass is 10.1. The van der Waals surface area contributed by atoms with Crippen LogP contribution in [0.1, 0.15) is 25.3 Å². The number of nitrogens with zero attached hydrogens (tertiary/aromatic N) is 2. The first kappa shape index (κ1) is 16.5. The third-order valence-corrected chi connectivity index (χ3v) is 3.12. The van der Waals surface area contributed by atoms with Gasteiger partial charge in [-0.25, -0.2) is 8.78 Å². The molecule has 0 saturated heterocycles. The summed E-state index contributed by atoms with van der Waals surface area (Å²) in [4.78, 5) is 10.4. The molecule has 0 aromatic heterocycles. The molecular weight excluding hydrogens is 304 g/mol. The van der Waals surface area contributed by atoms with Crippen LogP contribution in [0.4, 0.5) is 20.2 Å². The molecule has 0 aliphatic heterocycles. The highest BCUT2D eigenvalue weighted by Crippen LogP contribution is 2.18. The predicted molar refractivity (Wildman–Crippen MR) is 84.5 cm³/mol. The number of benzene rings is 2. The van der Waals surface area contributed by atoms with Crippen LogP contribution in [0.15, 0.2) is 47.6 Å². The van der Waals surface area contributed by atoms with Crippen LogP contribution in [-0.2, 0) is 0 Å². The summed E-state index contributed by atoms with van der Waals surface area (Å²) in [6.07, 6.45) is 1.31. The van der Waals surface area contributed by atoms with E-state index in [-0.39, 0.29) is 11.4 Å². The van der Waals surface area contributed by atoms with Gasteiger partial charge in [-0.15, -0.1) is 0 Å². The summed E-state index contributed by atoms with van der Waals surface area (Å²) in [5.74, 6) is -1.44. The molecule has 1 N–H and O–H groups in total. The monoisotopic (exact) mass is 319 g/mol. The molecule has 0 atom stereocenters. The molecule has 120 valence electrons. The Morgan fingerprint density at radius 1 is 1.26 bits per heavy atom. The van der Waals surface area contributed by atoms with Crippen LogP contribution in [0.2, 0.25) is 0 Å². The van der Waals surface area contributed by atoms with E-state index < -0.39 is 16.6 Å². The Labute approximate surface area is 131 Å². The van der Waals surface area contributed by atoms with Crippen LogP contribution in [0.5, 0.6) is 0 Å². The van der Waals surface area contributed by atoms with Crippen LogP contribution in [0.3, 0.4) is 0 Å². The largest absolute Gasteiger partial charge is 0.275 e. The topological polar surface area (TPSA) is 67.5 Å². The minimum atomic E-state index is -0.761. The third-order valence-electron chi connectivity index (χ3n) is 3.12. The van der Waals surface area contributed by atoms with Gasteiger partial charge in [0.1, 0.15) is 5.82 Å². The zero-order chi connectivity index (χ0) is 16.8. The van der Waals surface area contributed by atoms with E-state index in [0.29, 0.717) is 17.7 Å². The maximum Gasteiger partial charge on any atom is 0.270 e. The Balaban J connectivity index is 2.30. The molecule has 0 saturated carbocycles. The number of hydrazone groups is 1. The number of non-ortho nitro benzene ring substituents is 1. The normalized spacial score (nSPS) is 11.3. The molecule has 2 aromatic carbocycles. The smallest absolute Gasteiger partial charge is 0.270 e. The Morgan fingerprint density at radius 3 is 2.70 bits per heavy atom. The van der Waals surface area contributed by atoms with Gasteiger partial charge >= 0.3 is 0 Å². The predicted octanol–water partition coefficient (Wildman–Crippen LogP) is 4.49. The molecule has 0 unspecified atom stereocenters. The van der Waals surface area contributed by atoms with Crippen molar-refractivity contribution in [3.05, 3.63) is 69.8 Å². The van der Waals surface area contributed by atoms with Crippen LogP contribution in [0, 0.1) is 21.7 Å². The highest BCUT2D eigenvalue weighted by molar-refractivity contribution is 6.01. The molecule has 5 nitrogen and oxygen atoms in total. The highest BCUT2D eigenvalue weighted by atomic mass is 19.1. The van der Waals surface area contributed by atoms with Crippen molar-refractivity contribution in [2.45, 2.75) is 19.8 Å². The van der Waals surface area contributed by atoms with E-state index in [9.17, 15) is 18.9 Å². The number of nitrogens with one attached hydrogen (secondary N) is 1. The molecule has 2 aromatic rings. The fourth-order valence-corrected chi connectivity index (χ4v) is 2.01. The molecule has 23 heavy (non-hydrogen) atoms. The second-order valence-corrected chi connectivity index (χ2v) is 4.85. The average Bonchev–Trinajstić information content (AvgIpc) is 2.53. The van der Waals surface area contributed by atoms with Gasteiger partial charge in [-0.2, -0.15) is 5.10 Å². The van der Waals surface area contributed by atoms with Gasteiger partial charge in [0.05, 0.1) is 16.3 Å². The number of hydrogen-bond acceptors (Lipinski definition) is 4. The first-order valence-corrected chi connectivity index (χ1v) is 7.03. The molecule has 0 aliphatic carbocycles. The summed E-state index contributed by atoms with van der Waals surface area (Å²) in [5, 5.41) is 15.0. The quantitative estimate of drug-likeness (QED) is 0.484. The minimum absolute atomic E-state index is 0.0328. The summed E-state index contributed by atoms with van der Waals surface area (Å²) in [5.41, 5.74) is 3.67. The number of hydrogen-bond donors (Lipinski definition) is 1. The molecule has 0 aliphatic rings. The maximum atomic E-state index is 13.6. The van der Waals surface area contributed by atoms with Crippen LogP contribution < -0.4 is 5.43 Å². The fraction of sp³-hybridized carbons (Fsp3) is 0.188. The Morgan fingerprint density at radius 2 is 2.04 bits per heavy atom. The molecule has 0 radical (unpaired) electrons. The second kappa shape index (κ2) is 7.44. The van der Waals surface area contributed by atoms with Crippen LogP contribution >= 0.6 is 0 Å². The van der Waals surface area contributed by atoms with E-state index >= 15 is 0 Å². The maximum absolute atomic E-state index is 13.6. The molecule has 0 spiro atoms. The molecule has 0 amide bonds. The Kier molecular flexibility index (Phi) is 5.35. The molecule has 2 rings (SSSR count). The first-order chi connectivity index (χ1) is 11.0. The van der Waals surface area contributed by atoms with Gasteiger partial charge in [0.15, 0.2) is 5.82 Å². The van der Waals surface area contributed by atoms with Gasteiger partial charge in [0.2, 0.25) is 0 Å². The van der Waals surface area contributed by atoms with Gasteiger partial charge in [0, 0.05) is 23.8 Å². The Hall–Kier alpha value is -2.83. The highest BCUT2D eigenvalue weighted by Gasteiger charge is 2.10. The lowest BCUT2D eigenvalue weighted by Crippen LogP contribution is -2.06. The SMILES string of the molecule is CCC/C(=N/Nc1ccc(F)cc1F)c1cccc([N+](=O)[O-])c1. The molecular formula is C16H15F2N3O2. The lowest BCUT2D eigenvalue weighted by molar-refractivity contribution is -0.384. The standard InChI is InChI=1S/C16H15F2N3O2/c1-2-4-15(11-5-3-6-13(9-11)21(22)23)19-20-16-8-7-12(17)10-14(16)18/h3,5-10,20H,2,4H2,1H3/b19-15-. The van der Waals surface area contributed by atoms with E-state index in [1.807, 2.05) is 6.92 Å². The number of nitro groups is 1. The number of rotatable bonds is 6.